The van der Waals surface area contributed by atoms with Gasteiger partial charge in [0.1, 0.15) is 11.6 Å². The van der Waals surface area contributed by atoms with Crippen molar-refractivity contribution in [3.63, 3.8) is 0 Å². The van der Waals surface area contributed by atoms with Crippen LogP contribution < -0.4 is 0 Å². The minimum atomic E-state index is -0.805. The molecular weight excluding hydrogens is 266 g/mol. The lowest BCUT2D eigenvalue weighted by atomic mass is 10.0. The topological polar surface area (TPSA) is 20.2 Å². The summed E-state index contributed by atoms with van der Waals surface area (Å²) in [6.45, 7) is 3.45. The van der Waals surface area contributed by atoms with E-state index in [1.807, 2.05) is 0 Å². The predicted molar refractivity (Wildman–Crippen MR) is 58.6 cm³/mol. The first kappa shape index (κ1) is 12.3. The number of aliphatic hydroxyl groups excluding tert-OH is 1. The Hall–Kier alpha value is -0.740. The van der Waals surface area contributed by atoms with Gasteiger partial charge in [0.05, 0.1) is 10.6 Å². The molecular formula is C11H11BrF2O. The Morgan fingerprint density at radius 3 is 2.73 bits per heavy atom. The van der Waals surface area contributed by atoms with Gasteiger partial charge in [0.25, 0.3) is 0 Å². The zero-order valence-electron chi connectivity index (χ0n) is 8.01. The van der Waals surface area contributed by atoms with E-state index in [9.17, 15) is 13.9 Å². The number of hydrogen-bond acceptors (Lipinski definition) is 1. The van der Waals surface area contributed by atoms with Crippen LogP contribution in [0.1, 0.15) is 12.0 Å². The van der Waals surface area contributed by atoms with Crippen molar-refractivity contribution in [1.29, 1.82) is 0 Å². The second-order valence-electron chi connectivity index (χ2n) is 3.20. The van der Waals surface area contributed by atoms with E-state index in [4.69, 9.17) is 0 Å². The summed E-state index contributed by atoms with van der Waals surface area (Å²) >= 11 is 2.97. The Labute approximate surface area is 95.6 Å². The van der Waals surface area contributed by atoms with Crippen LogP contribution in [0, 0.1) is 11.6 Å². The molecule has 0 saturated carbocycles. The van der Waals surface area contributed by atoms with Gasteiger partial charge in [-0.1, -0.05) is 6.08 Å². The Balaban J connectivity index is 2.93. The van der Waals surface area contributed by atoms with Crippen molar-refractivity contribution < 1.29 is 13.9 Å². The first-order chi connectivity index (χ1) is 7.06. The average Bonchev–Trinajstić information content (AvgIpc) is 2.19. The van der Waals surface area contributed by atoms with Gasteiger partial charge in [0.2, 0.25) is 0 Å². The maximum atomic E-state index is 13.4. The van der Waals surface area contributed by atoms with E-state index in [0.29, 0.717) is 6.42 Å². The number of hydrogen-bond donors (Lipinski definition) is 1. The Bertz CT molecular complexity index is 366. The van der Waals surface area contributed by atoms with Gasteiger partial charge in [-0.2, -0.15) is 0 Å². The summed E-state index contributed by atoms with van der Waals surface area (Å²) in [6, 6.07) is 2.47. The van der Waals surface area contributed by atoms with Crippen LogP contribution in [-0.2, 0) is 6.42 Å². The van der Waals surface area contributed by atoms with Gasteiger partial charge in [0, 0.05) is 12.0 Å². The number of rotatable bonds is 4. The Kier molecular flexibility index (Phi) is 4.42. The minimum absolute atomic E-state index is 0.0525. The quantitative estimate of drug-likeness (QED) is 0.662. The fourth-order valence-corrected chi connectivity index (χ4v) is 1.64. The number of halogens is 3. The van der Waals surface area contributed by atoms with E-state index in [-0.39, 0.29) is 16.5 Å². The molecule has 0 bridgehead atoms. The highest BCUT2D eigenvalue weighted by Crippen LogP contribution is 2.23. The SMILES string of the molecule is C=CCC(O)Cc1c(F)ccc(Br)c1F. The third kappa shape index (κ3) is 3.11. The lowest BCUT2D eigenvalue weighted by molar-refractivity contribution is 0.175. The molecule has 0 aliphatic carbocycles. The van der Waals surface area contributed by atoms with Crippen LogP contribution in [0.25, 0.3) is 0 Å². The van der Waals surface area contributed by atoms with Crippen LogP contribution in [0.4, 0.5) is 8.78 Å². The molecule has 1 unspecified atom stereocenters. The van der Waals surface area contributed by atoms with E-state index in [1.165, 1.54) is 18.2 Å². The molecule has 0 amide bonds. The Morgan fingerprint density at radius 2 is 2.13 bits per heavy atom. The third-order valence-corrected chi connectivity index (χ3v) is 2.63. The van der Waals surface area contributed by atoms with E-state index in [2.05, 4.69) is 22.5 Å². The maximum Gasteiger partial charge on any atom is 0.143 e. The molecule has 1 aromatic rings. The maximum absolute atomic E-state index is 13.4. The number of benzene rings is 1. The summed E-state index contributed by atoms with van der Waals surface area (Å²) in [6.07, 6.45) is 0.966. The van der Waals surface area contributed by atoms with Crippen molar-refractivity contribution in [3.05, 3.63) is 46.5 Å². The van der Waals surface area contributed by atoms with Gasteiger partial charge < -0.3 is 5.11 Å². The summed E-state index contributed by atoms with van der Waals surface area (Å²) in [5, 5.41) is 9.42. The lowest BCUT2D eigenvalue weighted by Crippen LogP contribution is -2.12. The highest BCUT2D eigenvalue weighted by molar-refractivity contribution is 9.10. The fraction of sp³-hybridized carbons (Fsp3) is 0.273. The molecule has 0 fully saturated rings. The molecule has 0 heterocycles. The third-order valence-electron chi connectivity index (χ3n) is 2.02. The van der Waals surface area contributed by atoms with E-state index in [1.54, 1.807) is 0 Å². The van der Waals surface area contributed by atoms with Gasteiger partial charge in [0.15, 0.2) is 0 Å². The fourth-order valence-electron chi connectivity index (χ4n) is 1.27. The Morgan fingerprint density at radius 1 is 1.47 bits per heavy atom. The van der Waals surface area contributed by atoms with Crippen molar-refractivity contribution >= 4 is 15.9 Å². The first-order valence-corrected chi connectivity index (χ1v) is 5.27. The summed E-state index contributed by atoms with van der Waals surface area (Å²) in [7, 11) is 0. The van der Waals surface area contributed by atoms with Crippen LogP contribution in [0.5, 0.6) is 0 Å². The lowest BCUT2D eigenvalue weighted by Gasteiger charge is -2.10. The average molecular weight is 277 g/mol. The molecule has 0 radical (unpaired) electrons. The van der Waals surface area contributed by atoms with Crippen molar-refractivity contribution in [2.75, 3.05) is 0 Å². The van der Waals surface area contributed by atoms with Crippen LogP contribution in [0.2, 0.25) is 0 Å². The molecule has 1 atom stereocenters. The molecule has 0 aliphatic heterocycles. The van der Waals surface area contributed by atoms with Gasteiger partial charge in [-0.15, -0.1) is 6.58 Å². The molecule has 0 saturated heterocycles. The summed E-state index contributed by atoms with van der Waals surface area (Å²) < 4.78 is 26.9. The molecule has 1 N–H and O–H groups in total. The molecule has 15 heavy (non-hydrogen) atoms. The van der Waals surface area contributed by atoms with Crippen molar-refractivity contribution in [1.82, 2.24) is 0 Å². The molecule has 1 rings (SSSR count). The highest BCUT2D eigenvalue weighted by atomic mass is 79.9. The summed E-state index contributed by atoms with van der Waals surface area (Å²) in [5.74, 6) is -1.29. The van der Waals surface area contributed by atoms with E-state index in [0.717, 1.165) is 0 Å². The molecule has 1 aromatic carbocycles. The van der Waals surface area contributed by atoms with E-state index >= 15 is 0 Å². The first-order valence-electron chi connectivity index (χ1n) is 4.47. The minimum Gasteiger partial charge on any atom is -0.392 e. The van der Waals surface area contributed by atoms with Crippen molar-refractivity contribution in [2.24, 2.45) is 0 Å². The normalized spacial score (nSPS) is 12.5. The molecule has 0 spiro atoms. The summed E-state index contributed by atoms with van der Waals surface area (Å²) in [4.78, 5) is 0. The molecule has 4 heteroatoms. The van der Waals surface area contributed by atoms with Crippen molar-refractivity contribution in [2.45, 2.75) is 18.9 Å². The van der Waals surface area contributed by atoms with E-state index < -0.39 is 17.7 Å². The van der Waals surface area contributed by atoms with Crippen molar-refractivity contribution in [3.8, 4) is 0 Å². The summed E-state index contributed by atoms with van der Waals surface area (Å²) in [5.41, 5.74) is -0.0984. The second-order valence-corrected chi connectivity index (χ2v) is 4.06. The standard InChI is InChI=1S/C11H11BrF2O/c1-2-3-7(15)6-8-10(13)5-4-9(12)11(8)14/h2,4-5,7,15H,1,3,6H2. The monoisotopic (exact) mass is 276 g/mol. The molecule has 0 aliphatic rings. The van der Waals surface area contributed by atoms with Gasteiger partial charge >= 0.3 is 0 Å². The van der Waals surface area contributed by atoms with Crippen LogP contribution in [0.3, 0.4) is 0 Å². The largest absolute Gasteiger partial charge is 0.392 e. The van der Waals surface area contributed by atoms with Crippen LogP contribution in [0.15, 0.2) is 29.3 Å². The zero-order valence-corrected chi connectivity index (χ0v) is 9.60. The molecule has 82 valence electrons. The smallest absolute Gasteiger partial charge is 0.143 e. The van der Waals surface area contributed by atoms with Crippen LogP contribution in [-0.4, -0.2) is 11.2 Å². The van der Waals surface area contributed by atoms with Crippen LogP contribution >= 0.6 is 15.9 Å². The molecule has 0 aromatic heterocycles. The van der Waals surface area contributed by atoms with Gasteiger partial charge in [-0.3, -0.25) is 0 Å². The van der Waals surface area contributed by atoms with Gasteiger partial charge in [-0.25, -0.2) is 8.78 Å². The zero-order chi connectivity index (χ0) is 11.4. The van der Waals surface area contributed by atoms with Gasteiger partial charge in [-0.05, 0) is 34.5 Å². The second kappa shape index (κ2) is 5.37. The highest BCUT2D eigenvalue weighted by Gasteiger charge is 2.15. The molecule has 1 nitrogen and oxygen atoms in total. The predicted octanol–water partition coefficient (Wildman–Crippen LogP) is 3.21. The number of aliphatic hydroxyl groups is 1.